The SMILES string of the molecule is COc1cc(C)c([C@H](C)NC(=O)c2ccc(Cl)cc2F)cc1C(C)C. The van der Waals surface area contributed by atoms with Gasteiger partial charge in [0.25, 0.3) is 5.91 Å². The van der Waals surface area contributed by atoms with Gasteiger partial charge in [0.1, 0.15) is 11.6 Å². The number of halogens is 2. The van der Waals surface area contributed by atoms with Crippen LogP contribution in [-0.4, -0.2) is 13.0 Å². The van der Waals surface area contributed by atoms with Crippen LogP contribution in [0.3, 0.4) is 0 Å². The van der Waals surface area contributed by atoms with Gasteiger partial charge in [0.05, 0.1) is 18.7 Å². The molecule has 0 heterocycles. The molecule has 0 spiro atoms. The average Bonchev–Trinajstić information content (AvgIpc) is 2.53. The monoisotopic (exact) mass is 363 g/mol. The maximum absolute atomic E-state index is 13.9. The van der Waals surface area contributed by atoms with Crippen molar-refractivity contribution in [3.63, 3.8) is 0 Å². The third-order valence-electron chi connectivity index (χ3n) is 4.23. The van der Waals surface area contributed by atoms with Gasteiger partial charge in [-0.25, -0.2) is 4.39 Å². The summed E-state index contributed by atoms with van der Waals surface area (Å²) in [5, 5.41) is 3.11. The van der Waals surface area contributed by atoms with Gasteiger partial charge in [-0.3, -0.25) is 4.79 Å². The van der Waals surface area contributed by atoms with Crippen molar-refractivity contribution in [3.05, 3.63) is 63.4 Å². The molecule has 0 unspecified atom stereocenters. The van der Waals surface area contributed by atoms with E-state index in [2.05, 4.69) is 19.2 Å². The molecule has 5 heteroatoms. The van der Waals surface area contributed by atoms with E-state index >= 15 is 0 Å². The lowest BCUT2D eigenvalue weighted by molar-refractivity contribution is 0.0936. The van der Waals surface area contributed by atoms with Crippen molar-refractivity contribution in [3.8, 4) is 5.75 Å². The van der Waals surface area contributed by atoms with Crippen molar-refractivity contribution in [2.45, 2.75) is 39.7 Å². The van der Waals surface area contributed by atoms with E-state index < -0.39 is 11.7 Å². The van der Waals surface area contributed by atoms with Crippen molar-refractivity contribution in [2.24, 2.45) is 0 Å². The molecule has 1 amide bonds. The molecule has 134 valence electrons. The topological polar surface area (TPSA) is 38.3 Å². The van der Waals surface area contributed by atoms with Crippen LogP contribution in [0.4, 0.5) is 4.39 Å². The maximum Gasteiger partial charge on any atom is 0.254 e. The highest BCUT2D eigenvalue weighted by molar-refractivity contribution is 6.30. The molecule has 0 fully saturated rings. The number of methoxy groups -OCH3 is 1. The summed E-state index contributed by atoms with van der Waals surface area (Å²) >= 11 is 5.74. The third kappa shape index (κ3) is 4.31. The Bertz CT molecular complexity index is 790. The number of benzene rings is 2. The van der Waals surface area contributed by atoms with Gasteiger partial charge in [-0.2, -0.15) is 0 Å². The lowest BCUT2D eigenvalue weighted by atomic mass is 9.93. The molecule has 2 rings (SSSR count). The first-order valence-corrected chi connectivity index (χ1v) is 8.56. The molecule has 0 radical (unpaired) electrons. The van der Waals surface area contributed by atoms with Gasteiger partial charge in [-0.1, -0.05) is 25.4 Å². The second-order valence-corrected chi connectivity index (χ2v) is 6.86. The summed E-state index contributed by atoms with van der Waals surface area (Å²) in [7, 11) is 1.65. The third-order valence-corrected chi connectivity index (χ3v) is 4.47. The Kier molecular flexibility index (Phi) is 6.07. The number of carbonyl (C=O) groups is 1. The van der Waals surface area contributed by atoms with Gasteiger partial charge in [0.15, 0.2) is 0 Å². The minimum atomic E-state index is -0.633. The normalized spacial score (nSPS) is 12.2. The Hall–Kier alpha value is -2.07. The second-order valence-electron chi connectivity index (χ2n) is 6.42. The van der Waals surface area contributed by atoms with Crippen LogP contribution >= 0.6 is 11.6 Å². The highest BCUT2D eigenvalue weighted by atomic mass is 35.5. The van der Waals surface area contributed by atoms with E-state index in [1.807, 2.05) is 26.0 Å². The Morgan fingerprint density at radius 2 is 1.84 bits per heavy atom. The molecule has 2 aromatic carbocycles. The highest BCUT2D eigenvalue weighted by Gasteiger charge is 2.19. The molecule has 0 bridgehead atoms. The quantitative estimate of drug-likeness (QED) is 0.771. The van der Waals surface area contributed by atoms with Crippen molar-refractivity contribution >= 4 is 17.5 Å². The number of carbonyl (C=O) groups excluding carboxylic acids is 1. The molecule has 0 aromatic heterocycles. The second kappa shape index (κ2) is 7.87. The number of aryl methyl sites for hydroxylation is 1. The lowest BCUT2D eigenvalue weighted by Gasteiger charge is -2.21. The molecule has 0 aliphatic rings. The molecule has 3 nitrogen and oxygen atoms in total. The van der Waals surface area contributed by atoms with Crippen molar-refractivity contribution in [1.29, 1.82) is 0 Å². The maximum atomic E-state index is 13.9. The first kappa shape index (κ1) is 19.3. The zero-order chi connectivity index (χ0) is 18.7. The molecule has 0 saturated heterocycles. The molecule has 0 aliphatic heterocycles. The van der Waals surface area contributed by atoms with E-state index in [-0.39, 0.29) is 22.5 Å². The van der Waals surface area contributed by atoms with Gasteiger partial charge in [-0.15, -0.1) is 0 Å². The minimum absolute atomic E-state index is 0.0218. The van der Waals surface area contributed by atoms with Crippen LogP contribution in [0.25, 0.3) is 0 Å². The van der Waals surface area contributed by atoms with Crippen molar-refractivity contribution < 1.29 is 13.9 Å². The Morgan fingerprint density at radius 1 is 1.16 bits per heavy atom. The molecule has 0 aliphatic carbocycles. The summed E-state index contributed by atoms with van der Waals surface area (Å²) in [6, 6.07) is 7.76. The number of ether oxygens (including phenoxy) is 1. The number of hydrogen-bond donors (Lipinski definition) is 1. The summed E-state index contributed by atoms with van der Waals surface area (Å²) in [5.74, 6) is 0.0129. The summed E-state index contributed by atoms with van der Waals surface area (Å²) in [6.07, 6.45) is 0. The van der Waals surface area contributed by atoms with Crippen LogP contribution in [0.2, 0.25) is 5.02 Å². The van der Waals surface area contributed by atoms with Gasteiger partial charge >= 0.3 is 0 Å². The fourth-order valence-electron chi connectivity index (χ4n) is 2.84. The van der Waals surface area contributed by atoms with Gasteiger partial charge in [0.2, 0.25) is 0 Å². The number of hydrogen-bond acceptors (Lipinski definition) is 2. The smallest absolute Gasteiger partial charge is 0.254 e. The summed E-state index contributed by atoms with van der Waals surface area (Å²) < 4.78 is 19.4. The molecule has 0 saturated carbocycles. The van der Waals surface area contributed by atoms with Crippen LogP contribution in [0.15, 0.2) is 30.3 Å². The van der Waals surface area contributed by atoms with Gasteiger partial charge in [0, 0.05) is 5.02 Å². The summed E-state index contributed by atoms with van der Waals surface area (Å²) in [4.78, 5) is 12.4. The number of amides is 1. The molecule has 25 heavy (non-hydrogen) atoms. The minimum Gasteiger partial charge on any atom is -0.496 e. The van der Waals surface area contributed by atoms with Crippen molar-refractivity contribution in [2.75, 3.05) is 7.11 Å². The fourth-order valence-corrected chi connectivity index (χ4v) is 2.99. The van der Waals surface area contributed by atoms with E-state index in [1.54, 1.807) is 7.11 Å². The number of rotatable bonds is 5. The molecule has 1 N–H and O–H groups in total. The Balaban J connectivity index is 2.29. The van der Waals surface area contributed by atoms with Crippen LogP contribution in [0, 0.1) is 12.7 Å². The van der Waals surface area contributed by atoms with E-state index in [0.717, 1.165) is 28.5 Å². The zero-order valence-corrected chi connectivity index (χ0v) is 15.9. The van der Waals surface area contributed by atoms with Crippen LogP contribution < -0.4 is 10.1 Å². The van der Waals surface area contributed by atoms with Gasteiger partial charge < -0.3 is 10.1 Å². The van der Waals surface area contributed by atoms with Crippen LogP contribution in [0.1, 0.15) is 59.8 Å². The molecular weight excluding hydrogens is 341 g/mol. The molecular formula is C20H23ClFNO2. The largest absolute Gasteiger partial charge is 0.496 e. The highest BCUT2D eigenvalue weighted by Crippen LogP contribution is 2.32. The van der Waals surface area contributed by atoms with E-state index in [0.29, 0.717) is 0 Å². The standard InChI is InChI=1S/C20H23ClFNO2/c1-11(2)16-10-17(12(3)8-19(16)25-5)13(4)23-20(24)15-7-6-14(21)9-18(15)22/h6-11,13H,1-5H3,(H,23,24)/t13-/m0/s1. The summed E-state index contributed by atoms with van der Waals surface area (Å²) in [6.45, 7) is 8.02. The van der Waals surface area contributed by atoms with Crippen molar-refractivity contribution in [1.82, 2.24) is 5.32 Å². The molecule has 2 aromatic rings. The number of nitrogens with one attached hydrogen (secondary N) is 1. The van der Waals surface area contributed by atoms with E-state index in [1.165, 1.54) is 12.1 Å². The molecule has 1 atom stereocenters. The predicted molar refractivity (Wildman–Crippen MR) is 99.1 cm³/mol. The Morgan fingerprint density at radius 3 is 2.40 bits per heavy atom. The predicted octanol–water partition coefficient (Wildman–Crippen LogP) is 5.41. The first-order chi connectivity index (χ1) is 11.7. The van der Waals surface area contributed by atoms with E-state index in [4.69, 9.17) is 16.3 Å². The fraction of sp³-hybridized carbons (Fsp3) is 0.350. The first-order valence-electron chi connectivity index (χ1n) is 8.19. The lowest BCUT2D eigenvalue weighted by Crippen LogP contribution is -2.28. The average molecular weight is 364 g/mol. The van der Waals surface area contributed by atoms with Crippen LogP contribution in [0.5, 0.6) is 5.75 Å². The van der Waals surface area contributed by atoms with Crippen LogP contribution in [-0.2, 0) is 0 Å². The zero-order valence-electron chi connectivity index (χ0n) is 15.1. The van der Waals surface area contributed by atoms with Gasteiger partial charge in [-0.05, 0) is 66.8 Å². The Labute approximate surface area is 153 Å². The van der Waals surface area contributed by atoms with E-state index in [9.17, 15) is 9.18 Å². The summed E-state index contributed by atoms with van der Waals surface area (Å²) in [5.41, 5.74) is 3.03.